The predicted octanol–water partition coefficient (Wildman–Crippen LogP) is 2.78. The highest BCUT2D eigenvalue weighted by atomic mass is 16.5. The van der Waals surface area contributed by atoms with E-state index in [0.717, 1.165) is 0 Å². The van der Waals surface area contributed by atoms with Crippen molar-refractivity contribution >= 4 is 17.5 Å². The summed E-state index contributed by atoms with van der Waals surface area (Å²) in [4.78, 5) is 36.5. The maximum atomic E-state index is 12.4. The normalized spacial score (nSPS) is 11.6. The summed E-state index contributed by atoms with van der Waals surface area (Å²) in [6, 6.07) is 9.73. The summed E-state index contributed by atoms with van der Waals surface area (Å²) >= 11 is 0. The summed E-state index contributed by atoms with van der Waals surface area (Å²) in [5.74, 6) is -2.26. The van der Waals surface area contributed by atoms with E-state index in [1.807, 2.05) is 0 Å². The second-order valence-corrected chi connectivity index (χ2v) is 5.02. The van der Waals surface area contributed by atoms with E-state index in [2.05, 4.69) is 0 Å². The molecule has 1 atom stereocenters. The van der Waals surface area contributed by atoms with Gasteiger partial charge in [0, 0.05) is 6.42 Å². The van der Waals surface area contributed by atoms with Crippen LogP contribution < -0.4 is 4.74 Å². The molecule has 2 rings (SSSR count). The molecule has 126 valence electrons. The molecule has 6 nitrogen and oxygen atoms in total. The van der Waals surface area contributed by atoms with Gasteiger partial charge < -0.3 is 13.9 Å². The van der Waals surface area contributed by atoms with Gasteiger partial charge >= 0.3 is 5.97 Å². The fourth-order valence-corrected chi connectivity index (χ4v) is 2.27. The van der Waals surface area contributed by atoms with Crippen LogP contribution in [0.25, 0.3) is 0 Å². The van der Waals surface area contributed by atoms with Crippen LogP contribution in [0.15, 0.2) is 47.1 Å². The van der Waals surface area contributed by atoms with Gasteiger partial charge in [-0.2, -0.15) is 0 Å². The average molecular weight is 330 g/mol. The van der Waals surface area contributed by atoms with E-state index in [1.54, 1.807) is 37.3 Å². The molecule has 1 aromatic heterocycles. The third kappa shape index (κ3) is 4.10. The molecule has 0 saturated carbocycles. The Morgan fingerprint density at radius 3 is 2.38 bits per heavy atom. The summed E-state index contributed by atoms with van der Waals surface area (Å²) in [5.41, 5.74) is 0.536. The Kier molecular flexibility index (Phi) is 5.89. The second kappa shape index (κ2) is 8.10. The summed E-state index contributed by atoms with van der Waals surface area (Å²) in [6.07, 6.45) is 1.19. The number of carbonyl (C=O) groups is 3. The second-order valence-electron chi connectivity index (χ2n) is 5.02. The Labute approximate surface area is 139 Å². The van der Waals surface area contributed by atoms with Gasteiger partial charge in [-0.25, -0.2) is 4.79 Å². The number of benzene rings is 1. The van der Waals surface area contributed by atoms with Crippen molar-refractivity contribution in [3.05, 3.63) is 54.0 Å². The fraction of sp³-hybridized carbons (Fsp3) is 0.278. The number of carbonyl (C=O) groups excluding carboxylic acids is 3. The first-order chi connectivity index (χ1) is 11.6. The molecular weight excluding hydrogens is 312 g/mol. The lowest BCUT2D eigenvalue weighted by atomic mass is 9.89. The molecule has 2 aromatic rings. The van der Waals surface area contributed by atoms with Crippen molar-refractivity contribution in [3.63, 3.8) is 0 Å². The summed E-state index contributed by atoms with van der Waals surface area (Å²) in [7, 11) is 1.52. The van der Waals surface area contributed by atoms with Gasteiger partial charge in [0.25, 0.3) is 0 Å². The standard InChI is InChI=1S/C18H18O6/c1-3-23-18(21)17(20)14(11-15(19)16-5-4-10-24-16)12-6-8-13(22-2)9-7-12/h4-10,14H,3,11H2,1-2H3. The number of ether oxygens (including phenoxy) is 2. The maximum absolute atomic E-state index is 12.4. The number of esters is 1. The van der Waals surface area contributed by atoms with Gasteiger partial charge in [0.2, 0.25) is 5.78 Å². The molecule has 1 unspecified atom stereocenters. The SMILES string of the molecule is CCOC(=O)C(=O)C(CC(=O)c1ccco1)c1ccc(OC)cc1. The van der Waals surface area contributed by atoms with Crippen LogP contribution in [0, 0.1) is 0 Å². The van der Waals surface area contributed by atoms with E-state index in [0.29, 0.717) is 11.3 Å². The lowest BCUT2D eigenvalue weighted by molar-refractivity contribution is -0.154. The van der Waals surface area contributed by atoms with Crippen LogP contribution in [-0.4, -0.2) is 31.3 Å². The molecule has 1 aromatic carbocycles. The number of rotatable bonds is 8. The highest BCUT2D eigenvalue weighted by molar-refractivity contribution is 6.36. The number of furan rings is 1. The number of hydrogen-bond acceptors (Lipinski definition) is 6. The van der Waals surface area contributed by atoms with Crippen molar-refractivity contribution in [1.82, 2.24) is 0 Å². The third-order valence-electron chi connectivity index (χ3n) is 3.50. The van der Waals surface area contributed by atoms with Crippen LogP contribution >= 0.6 is 0 Å². The Hall–Kier alpha value is -2.89. The van der Waals surface area contributed by atoms with Gasteiger partial charge in [-0.15, -0.1) is 0 Å². The van der Waals surface area contributed by atoms with Crippen LogP contribution in [0.3, 0.4) is 0 Å². The van der Waals surface area contributed by atoms with Crippen LogP contribution in [0.2, 0.25) is 0 Å². The van der Waals surface area contributed by atoms with Gasteiger partial charge in [-0.1, -0.05) is 12.1 Å². The fourth-order valence-electron chi connectivity index (χ4n) is 2.27. The van der Waals surface area contributed by atoms with E-state index in [9.17, 15) is 14.4 Å². The first-order valence-corrected chi connectivity index (χ1v) is 7.48. The third-order valence-corrected chi connectivity index (χ3v) is 3.50. The largest absolute Gasteiger partial charge is 0.497 e. The van der Waals surface area contributed by atoms with E-state index < -0.39 is 17.7 Å². The Morgan fingerprint density at radius 2 is 1.83 bits per heavy atom. The lowest BCUT2D eigenvalue weighted by Crippen LogP contribution is -2.26. The van der Waals surface area contributed by atoms with Gasteiger partial charge in [0.15, 0.2) is 11.5 Å². The van der Waals surface area contributed by atoms with E-state index in [1.165, 1.54) is 19.4 Å². The summed E-state index contributed by atoms with van der Waals surface area (Å²) in [5, 5.41) is 0. The van der Waals surface area contributed by atoms with Crippen molar-refractivity contribution in [2.75, 3.05) is 13.7 Å². The first-order valence-electron chi connectivity index (χ1n) is 7.48. The molecule has 1 heterocycles. The van der Waals surface area contributed by atoms with E-state index >= 15 is 0 Å². The molecule has 0 N–H and O–H groups in total. The molecule has 0 bridgehead atoms. The van der Waals surface area contributed by atoms with Crippen molar-refractivity contribution in [3.8, 4) is 5.75 Å². The van der Waals surface area contributed by atoms with Crippen LogP contribution in [0.5, 0.6) is 5.75 Å². The van der Waals surface area contributed by atoms with Gasteiger partial charge in [0.1, 0.15) is 5.75 Å². The molecule has 0 fully saturated rings. The van der Waals surface area contributed by atoms with E-state index in [-0.39, 0.29) is 24.6 Å². The molecule has 0 amide bonds. The molecule has 0 aliphatic carbocycles. The zero-order valence-electron chi connectivity index (χ0n) is 13.5. The van der Waals surface area contributed by atoms with Crippen LogP contribution in [-0.2, 0) is 14.3 Å². The van der Waals surface area contributed by atoms with Crippen LogP contribution in [0.4, 0.5) is 0 Å². The molecule has 6 heteroatoms. The van der Waals surface area contributed by atoms with Crippen molar-refractivity contribution < 1.29 is 28.3 Å². The smallest absolute Gasteiger partial charge is 0.375 e. The minimum absolute atomic E-state index is 0.0893. The first kappa shape index (κ1) is 17.5. The molecular formula is C18H18O6. The Morgan fingerprint density at radius 1 is 1.12 bits per heavy atom. The van der Waals surface area contributed by atoms with Gasteiger partial charge in [0.05, 0.1) is 25.9 Å². The number of hydrogen-bond donors (Lipinski definition) is 0. The number of methoxy groups -OCH3 is 1. The summed E-state index contributed by atoms with van der Waals surface area (Å²) in [6.45, 7) is 1.70. The van der Waals surface area contributed by atoms with Crippen molar-refractivity contribution in [2.45, 2.75) is 19.3 Å². The van der Waals surface area contributed by atoms with Gasteiger partial charge in [-0.05, 0) is 36.8 Å². The molecule has 24 heavy (non-hydrogen) atoms. The molecule has 0 aliphatic heterocycles. The van der Waals surface area contributed by atoms with Crippen molar-refractivity contribution in [2.24, 2.45) is 0 Å². The summed E-state index contributed by atoms with van der Waals surface area (Å²) < 4.78 is 14.9. The molecule has 0 aliphatic rings. The monoisotopic (exact) mass is 330 g/mol. The molecule has 0 spiro atoms. The highest BCUT2D eigenvalue weighted by Gasteiger charge is 2.31. The maximum Gasteiger partial charge on any atom is 0.375 e. The van der Waals surface area contributed by atoms with Gasteiger partial charge in [-0.3, -0.25) is 9.59 Å². The number of ketones is 2. The van der Waals surface area contributed by atoms with Crippen molar-refractivity contribution in [1.29, 1.82) is 0 Å². The Balaban J connectivity index is 2.27. The Bertz CT molecular complexity index is 700. The van der Waals surface area contributed by atoms with E-state index in [4.69, 9.17) is 13.9 Å². The zero-order chi connectivity index (χ0) is 17.5. The quantitative estimate of drug-likeness (QED) is 0.420. The predicted molar refractivity (Wildman–Crippen MR) is 85.0 cm³/mol. The topological polar surface area (TPSA) is 82.8 Å². The highest BCUT2D eigenvalue weighted by Crippen LogP contribution is 2.26. The minimum atomic E-state index is -0.953. The average Bonchev–Trinajstić information content (AvgIpc) is 3.14. The lowest BCUT2D eigenvalue weighted by Gasteiger charge is -2.14. The number of Topliss-reactive ketones (excluding diaryl/α,β-unsaturated/α-hetero) is 2. The van der Waals surface area contributed by atoms with Crippen LogP contribution in [0.1, 0.15) is 35.4 Å². The molecule has 0 saturated heterocycles. The molecule has 0 radical (unpaired) electrons. The zero-order valence-corrected chi connectivity index (χ0v) is 13.5. The minimum Gasteiger partial charge on any atom is -0.497 e.